The Morgan fingerprint density at radius 1 is 0.839 bits per heavy atom. The molecular formula is C21H17F4N3O3. The van der Waals surface area contributed by atoms with E-state index >= 15 is 0 Å². The molecule has 0 atom stereocenters. The van der Waals surface area contributed by atoms with E-state index in [-0.39, 0.29) is 13.0 Å². The molecule has 0 bridgehead atoms. The van der Waals surface area contributed by atoms with Gasteiger partial charge in [-0.2, -0.15) is 17.6 Å². The number of rotatable bonds is 10. The molecule has 0 saturated carbocycles. The van der Waals surface area contributed by atoms with Crippen molar-refractivity contribution in [1.82, 2.24) is 9.97 Å². The lowest BCUT2D eigenvalue weighted by Crippen LogP contribution is -2.17. The number of carbonyl (C=O) groups excluding carboxylic acids is 1. The fourth-order valence-electron chi connectivity index (χ4n) is 2.88. The van der Waals surface area contributed by atoms with Gasteiger partial charge in [-0.15, -0.1) is 0 Å². The van der Waals surface area contributed by atoms with Crippen molar-refractivity contribution < 1.29 is 31.8 Å². The van der Waals surface area contributed by atoms with Crippen molar-refractivity contribution in [2.45, 2.75) is 26.2 Å². The highest BCUT2D eigenvalue weighted by Crippen LogP contribution is 2.37. The second-order valence-electron chi connectivity index (χ2n) is 6.26. The van der Waals surface area contributed by atoms with Gasteiger partial charge in [-0.25, -0.2) is 9.97 Å². The lowest BCUT2D eigenvalue weighted by atomic mass is 10.1. The van der Waals surface area contributed by atoms with Crippen molar-refractivity contribution in [3.05, 3.63) is 72.3 Å². The second kappa shape index (κ2) is 10.4. The summed E-state index contributed by atoms with van der Waals surface area (Å²) in [5, 5.41) is 0. The predicted octanol–water partition coefficient (Wildman–Crippen LogP) is 4.76. The van der Waals surface area contributed by atoms with Crippen LogP contribution >= 0.6 is 0 Å². The monoisotopic (exact) mass is 435 g/mol. The third-order valence-electron chi connectivity index (χ3n) is 4.19. The van der Waals surface area contributed by atoms with Gasteiger partial charge in [0.05, 0.1) is 6.54 Å². The van der Waals surface area contributed by atoms with E-state index in [4.69, 9.17) is 0 Å². The Hall–Kier alpha value is -3.69. The molecule has 0 radical (unpaired) electrons. The number of hydrogen-bond acceptors (Lipinski definition) is 6. The minimum atomic E-state index is -3.23. The number of halogens is 4. The molecule has 1 heterocycles. The fourth-order valence-corrected chi connectivity index (χ4v) is 2.88. The lowest BCUT2D eigenvalue weighted by molar-refractivity contribution is -0.107. The SMILES string of the molecule is O=CCc1ccc(N(Cc2cncnc2)c2ccc(OC(F)F)c(OC(F)F)c2)cc1. The summed E-state index contributed by atoms with van der Waals surface area (Å²) >= 11 is 0. The Morgan fingerprint density at radius 2 is 1.45 bits per heavy atom. The van der Waals surface area contributed by atoms with Crippen LogP contribution in [0.1, 0.15) is 11.1 Å². The number of aldehydes is 1. The Labute approximate surface area is 175 Å². The number of anilines is 2. The first-order valence-corrected chi connectivity index (χ1v) is 9.04. The van der Waals surface area contributed by atoms with Crippen molar-refractivity contribution in [1.29, 1.82) is 0 Å². The molecule has 1 aromatic heterocycles. The van der Waals surface area contributed by atoms with E-state index in [1.807, 2.05) is 0 Å². The fraction of sp³-hybridized carbons (Fsp3) is 0.190. The smallest absolute Gasteiger partial charge is 0.387 e. The maximum atomic E-state index is 12.8. The van der Waals surface area contributed by atoms with E-state index in [2.05, 4.69) is 19.4 Å². The van der Waals surface area contributed by atoms with Crippen LogP contribution in [0.2, 0.25) is 0 Å². The van der Waals surface area contributed by atoms with Gasteiger partial charge in [0.15, 0.2) is 11.5 Å². The Balaban J connectivity index is 2.02. The minimum Gasteiger partial charge on any atom is -0.431 e. The zero-order valence-corrected chi connectivity index (χ0v) is 16.0. The molecule has 0 fully saturated rings. The molecule has 2 aromatic carbocycles. The first kappa shape index (κ1) is 22.0. The van der Waals surface area contributed by atoms with Gasteiger partial charge in [0.25, 0.3) is 0 Å². The highest BCUT2D eigenvalue weighted by atomic mass is 19.3. The molecule has 0 unspecified atom stereocenters. The van der Waals surface area contributed by atoms with Gasteiger partial charge in [0.2, 0.25) is 0 Å². The molecule has 0 N–H and O–H groups in total. The topological polar surface area (TPSA) is 64.6 Å². The van der Waals surface area contributed by atoms with Crippen molar-refractivity contribution in [2.75, 3.05) is 4.90 Å². The number of hydrogen-bond donors (Lipinski definition) is 0. The second-order valence-corrected chi connectivity index (χ2v) is 6.26. The highest BCUT2D eigenvalue weighted by Gasteiger charge is 2.19. The summed E-state index contributed by atoms with van der Waals surface area (Å²) in [5.41, 5.74) is 2.54. The average Bonchev–Trinajstić information content (AvgIpc) is 2.74. The molecule has 0 aliphatic carbocycles. The Bertz CT molecular complexity index is 989. The van der Waals surface area contributed by atoms with Crippen molar-refractivity contribution in [3.8, 4) is 11.5 Å². The van der Waals surface area contributed by atoms with E-state index in [9.17, 15) is 22.4 Å². The largest absolute Gasteiger partial charge is 0.431 e. The minimum absolute atomic E-state index is 0.247. The molecule has 3 aromatic rings. The van der Waals surface area contributed by atoms with Crippen LogP contribution < -0.4 is 14.4 Å². The molecule has 31 heavy (non-hydrogen) atoms. The van der Waals surface area contributed by atoms with Crippen LogP contribution in [0.4, 0.5) is 28.9 Å². The van der Waals surface area contributed by atoms with Gasteiger partial charge < -0.3 is 19.2 Å². The summed E-state index contributed by atoms with van der Waals surface area (Å²) < 4.78 is 59.6. The molecule has 162 valence electrons. The summed E-state index contributed by atoms with van der Waals surface area (Å²) in [6.07, 6.45) is 5.58. The van der Waals surface area contributed by atoms with Crippen molar-refractivity contribution >= 4 is 17.7 Å². The molecule has 3 rings (SSSR count). The number of nitrogens with zero attached hydrogens (tertiary/aromatic N) is 3. The van der Waals surface area contributed by atoms with Crippen LogP contribution in [-0.2, 0) is 17.8 Å². The lowest BCUT2D eigenvalue weighted by Gasteiger charge is -2.26. The summed E-state index contributed by atoms with van der Waals surface area (Å²) in [6, 6.07) is 10.8. The van der Waals surface area contributed by atoms with E-state index < -0.39 is 24.7 Å². The molecule has 0 aliphatic rings. The summed E-state index contributed by atoms with van der Waals surface area (Å²) in [5.74, 6) is -1.04. The molecule has 0 spiro atoms. The van der Waals surface area contributed by atoms with Crippen molar-refractivity contribution in [2.24, 2.45) is 0 Å². The zero-order valence-electron chi connectivity index (χ0n) is 16.0. The van der Waals surface area contributed by atoms with E-state index in [0.717, 1.165) is 17.9 Å². The Morgan fingerprint density at radius 3 is 2.06 bits per heavy atom. The highest BCUT2D eigenvalue weighted by molar-refractivity contribution is 5.67. The van der Waals surface area contributed by atoms with Gasteiger partial charge in [-0.05, 0) is 29.8 Å². The number of benzene rings is 2. The van der Waals surface area contributed by atoms with Gasteiger partial charge in [0.1, 0.15) is 12.6 Å². The quantitative estimate of drug-likeness (QED) is 0.338. The Kier molecular flexibility index (Phi) is 7.36. The molecule has 6 nitrogen and oxygen atoms in total. The average molecular weight is 435 g/mol. The maximum absolute atomic E-state index is 12.8. The first-order valence-electron chi connectivity index (χ1n) is 9.04. The first-order chi connectivity index (χ1) is 15.0. The van der Waals surface area contributed by atoms with E-state index in [1.54, 1.807) is 41.6 Å². The van der Waals surface area contributed by atoms with Crippen LogP contribution in [0.25, 0.3) is 0 Å². The van der Waals surface area contributed by atoms with Crippen LogP contribution in [-0.4, -0.2) is 29.5 Å². The van der Waals surface area contributed by atoms with E-state index in [1.165, 1.54) is 18.5 Å². The van der Waals surface area contributed by atoms with Crippen LogP contribution in [0.15, 0.2) is 61.2 Å². The van der Waals surface area contributed by atoms with Gasteiger partial charge >= 0.3 is 13.2 Å². The third-order valence-corrected chi connectivity index (χ3v) is 4.19. The summed E-state index contributed by atoms with van der Waals surface area (Å²) in [6.45, 7) is -6.18. The van der Waals surface area contributed by atoms with Crippen molar-refractivity contribution in [3.63, 3.8) is 0 Å². The predicted molar refractivity (Wildman–Crippen MR) is 104 cm³/mol. The normalized spacial score (nSPS) is 10.9. The van der Waals surface area contributed by atoms with Gasteiger partial charge in [-0.3, -0.25) is 0 Å². The number of aromatic nitrogens is 2. The number of alkyl halides is 4. The zero-order chi connectivity index (χ0) is 22.2. The summed E-state index contributed by atoms with van der Waals surface area (Å²) in [4.78, 5) is 20.4. The van der Waals surface area contributed by atoms with E-state index in [0.29, 0.717) is 16.9 Å². The van der Waals surface area contributed by atoms with Crippen LogP contribution in [0, 0.1) is 0 Å². The van der Waals surface area contributed by atoms with Gasteiger partial charge in [-0.1, -0.05) is 12.1 Å². The number of ether oxygens (including phenoxy) is 2. The molecule has 0 saturated heterocycles. The molecular weight excluding hydrogens is 418 g/mol. The summed E-state index contributed by atoms with van der Waals surface area (Å²) in [7, 11) is 0. The maximum Gasteiger partial charge on any atom is 0.387 e. The standard InChI is InChI=1S/C21H17F4N3O3/c22-20(23)30-18-6-5-17(9-19(18)31-21(24)25)28(12-15-10-26-13-27-11-15)16-3-1-14(2-4-16)7-8-29/h1-6,8-11,13,20-21H,7,12H2. The molecule has 0 aliphatic heterocycles. The van der Waals surface area contributed by atoms with Gasteiger partial charge in [0, 0.05) is 41.8 Å². The van der Waals surface area contributed by atoms with Crippen LogP contribution in [0.3, 0.4) is 0 Å². The molecule has 10 heteroatoms. The van der Waals surface area contributed by atoms with Crippen LogP contribution in [0.5, 0.6) is 11.5 Å². The number of carbonyl (C=O) groups is 1. The molecule has 0 amide bonds. The third kappa shape index (κ3) is 6.14.